The first-order chi connectivity index (χ1) is 14.7. The molecule has 1 unspecified atom stereocenters. The molecule has 1 heterocycles. The first kappa shape index (κ1) is 27.9. The molecule has 180 valence electrons. The van der Waals surface area contributed by atoms with Gasteiger partial charge in [0.2, 0.25) is 17.6 Å². The summed E-state index contributed by atoms with van der Waals surface area (Å²) < 4.78 is 21.1. The van der Waals surface area contributed by atoms with Gasteiger partial charge in [0.25, 0.3) is 0 Å². The van der Waals surface area contributed by atoms with E-state index in [1.54, 1.807) is 13.8 Å². The minimum Gasteiger partial charge on any atom is -0.475 e. The van der Waals surface area contributed by atoms with E-state index in [1.807, 2.05) is 0 Å². The zero-order chi connectivity index (χ0) is 24.5. The molecule has 2 amide bonds. The first-order valence-corrected chi connectivity index (χ1v) is 11.9. The Morgan fingerprint density at radius 3 is 2.38 bits per heavy atom. The van der Waals surface area contributed by atoms with Crippen LogP contribution < -0.4 is 10.6 Å². The summed E-state index contributed by atoms with van der Waals surface area (Å²) in [6, 6.07) is 0. The molecular weight excluding hydrogens is 471 g/mol. The molecule has 0 aliphatic carbocycles. The van der Waals surface area contributed by atoms with Crippen molar-refractivity contribution in [1.29, 1.82) is 0 Å². The summed E-state index contributed by atoms with van der Waals surface area (Å²) in [5, 5.41) is 12.8. The molecule has 1 fully saturated rings. The van der Waals surface area contributed by atoms with Gasteiger partial charge in [0.1, 0.15) is 5.78 Å². The number of rotatable bonds is 12. The third-order valence-corrected chi connectivity index (χ3v) is 5.87. The third kappa shape index (κ3) is 10.0. The van der Waals surface area contributed by atoms with E-state index in [9.17, 15) is 38.2 Å². The van der Waals surface area contributed by atoms with Gasteiger partial charge in [0.15, 0.2) is 11.2 Å². The van der Waals surface area contributed by atoms with Crippen LogP contribution in [0.1, 0.15) is 33.1 Å². The van der Waals surface area contributed by atoms with Gasteiger partial charge in [-0.1, -0.05) is 25.6 Å². The van der Waals surface area contributed by atoms with Crippen molar-refractivity contribution < 1.29 is 52.4 Å². The summed E-state index contributed by atoms with van der Waals surface area (Å²) >= 11 is 0.748. The van der Waals surface area contributed by atoms with Crippen molar-refractivity contribution in [3.05, 3.63) is 0 Å². The fourth-order valence-corrected chi connectivity index (χ4v) is 4.30. The van der Waals surface area contributed by atoms with Gasteiger partial charge in [-0.15, -0.1) is 0 Å². The van der Waals surface area contributed by atoms with Gasteiger partial charge >= 0.3 is 13.8 Å². The predicted molar refractivity (Wildman–Crippen MR) is 109 cm³/mol. The van der Waals surface area contributed by atoms with Crippen LogP contribution in [0, 0.1) is 5.41 Å². The molecule has 1 aliphatic heterocycles. The number of hydrogen-bond donors (Lipinski definition) is 4. The predicted octanol–water partition coefficient (Wildman–Crippen LogP) is -0.586. The lowest BCUT2D eigenvalue weighted by Gasteiger charge is -2.38. The number of carboxylic acid groups (broad SMARTS) is 1. The maximum Gasteiger partial charge on any atom is 0.472 e. The van der Waals surface area contributed by atoms with E-state index in [0.717, 1.165) is 11.8 Å². The summed E-state index contributed by atoms with van der Waals surface area (Å²) in [6.07, 6.45) is -2.77. The van der Waals surface area contributed by atoms with Gasteiger partial charge in [-0.3, -0.25) is 33.0 Å². The lowest BCUT2D eigenvalue weighted by Crippen LogP contribution is -2.49. The number of amides is 2. The molecule has 2 atom stereocenters. The van der Waals surface area contributed by atoms with Crippen LogP contribution in [-0.2, 0) is 42.4 Å². The Labute approximate surface area is 187 Å². The fourth-order valence-electron chi connectivity index (χ4n) is 2.40. The van der Waals surface area contributed by atoms with Crippen molar-refractivity contribution in [2.45, 2.75) is 39.2 Å². The zero-order valence-electron chi connectivity index (χ0n) is 17.5. The molecule has 0 bridgehead atoms. The Morgan fingerprint density at radius 1 is 1.09 bits per heavy atom. The lowest BCUT2D eigenvalue weighted by atomic mass is 9.87. The van der Waals surface area contributed by atoms with Gasteiger partial charge in [-0.2, -0.15) is 0 Å². The van der Waals surface area contributed by atoms with Crippen LogP contribution in [0.5, 0.6) is 0 Å². The largest absolute Gasteiger partial charge is 0.475 e. The summed E-state index contributed by atoms with van der Waals surface area (Å²) in [5.41, 5.74) is -0.852. The molecule has 0 aromatic carbocycles. The van der Waals surface area contributed by atoms with Crippen LogP contribution in [0.4, 0.5) is 0 Å². The maximum absolute atomic E-state index is 12.2. The van der Waals surface area contributed by atoms with Crippen LogP contribution in [0.3, 0.4) is 0 Å². The highest BCUT2D eigenvalue weighted by Crippen LogP contribution is 2.52. The Kier molecular flexibility index (Phi) is 10.6. The average Bonchev–Trinajstić information content (AvgIpc) is 2.67. The van der Waals surface area contributed by atoms with Crippen molar-refractivity contribution in [2.75, 3.05) is 25.4 Å². The van der Waals surface area contributed by atoms with Crippen LogP contribution in [-0.4, -0.2) is 76.0 Å². The number of nitrogens with one attached hydrogen (secondary N) is 2. The monoisotopic (exact) mass is 496 g/mol. The number of carboxylic acids is 1. The van der Waals surface area contributed by atoms with E-state index in [2.05, 4.69) is 15.2 Å². The fraction of sp³-hybridized carbons (Fsp3) is 0.647. The highest BCUT2D eigenvalue weighted by Gasteiger charge is 2.47. The van der Waals surface area contributed by atoms with E-state index < -0.39 is 66.6 Å². The molecule has 1 rings (SSSR count). The second kappa shape index (κ2) is 12.2. The Balaban J connectivity index is 2.23. The minimum atomic E-state index is -4.31. The summed E-state index contributed by atoms with van der Waals surface area (Å²) in [4.78, 5) is 77.7. The van der Waals surface area contributed by atoms with Gasteiger partial charge in [0, 0.05) is 30.7 Å². The number of aliphatic carboxylic acids is 1. The third-order valence-electron chi connectivity index (χ3n) is 4.06. The standard InChI is InChI=1S/C17H25N2O11PS/c1-17(2)9-29-31(27,28)30-14(17)15(24)19-4-3-12(22)18-5-6-32-13(23)8-10(20)7-11(21)16(25)26/h14H,3-9H2,1-2H3,(H,18,22)(H,19,24)(H,25,26)(H,27,28)/t14-/m0/s1. The number of thioether (sulfide) groups is 1. The van der Waals surface area contributed by atoms with Crippen LogP contribution in [0.2, 0.25) is 0 Å². The van der Waals surface area contributed by atoms with Gasteiger partial charge in [-0.25, -0.2) is 9.36 Å². The molecule has 0 spiro atoms. The molecule has 0 aromatic heterocycles. The van der Waals surface area contributed by atoms with Crippen LogP contribution in [0.15, 0.2) is 0 Å². The highest BCUT2D eigenvalue weighted by molar-refractivity contribution is 8.13. The van der Waals surface area contributed by atoms with E-state index in [0.29, 0.717) is 0 Å². The average molecular weight is 496 g/mol. The number of Topliss-reactive ketones (excluding diaryl/α,β-unsaturated/α-hetero) is 2. The first-order valence-electron chi connectivity index (χ1n) is 9.37. The van der Waals surface area contributed by atoms with Crippen molar-refractivity contribution in [2.24, 2.45) is 5.41 Å². The van der Waals surface area contributed by atoms with Gasteiger partial charge in [-0.05, 0) is 0 Å². The molecule has 0 saturated carbocycles. The quantitative estimate of drug-likeness (QED) is 0.116. The lowest BCUT2D eigenvalue weighted by molar-refractivity contribution is -0.150. The number of carbonyl (C=O) groups is 6. The topological polar surface area (TPSA) is 202 Å². The molecule has 13 nitrogen and oxygen atoms in total. The zero-order valence-corrected chi connectivity index (χ0v) is 19.2. The molecule has 0 aromatic rings. The molecule has 15 heteroatoms. The smallest absolute Gasteiger partial charge is 0.472 e. The van der Waals surface area contributed by atoms with Crippen molar-refractivity contribution in [3.8, 4) is 0 Å². The second-order valence-electron chi connectivity index (χ2n) is 7.45. The van der Waals surface area contributed by atoms with Crippen LogP contribution >= 0.6 is 19.6 Å². The van der Waals surface area contributed by atoms with Crippen molar-refractivity contribution in [1.82, 2.24) is 10.6 Å². The number of phosphoric acid groups is 1. The maximum atomic E-state index is 12.2. The van der Waals surface area contributed by atoms with Gasteiger partial charge < -0.3 is 20.6 Å². The number of ketones is 2. The second-order valence-corrected chi connectivity index (χ2v) is 10.0. The number of phosphoric ester groups is 1. The SMILES string of the molecule is CC1(C)COP(=O)(O)O[C@H]1C(=O)NCCC(=O)NCCSC(=O)CC(=O)CC(=O)C(=O)O. The summed E-state index contributed by atoms with van der Waals surface area (Å²) in [6.45, 7) is 3.13. The van der Waals surface area contributed by atoms with Crippen molar-refractivity contribution in [3.63, 3.8) is 0 Å². The highest BCUT2D eigenvalue weighted by atomic mass is 32.2. The minimum absolute atomic E-state index is 0.0601. The molecule has 1 aliphatic rings. The molecule has 1 saturated heterocycles. The van der Waals surface area contributed by atoms with E-state index in [-0.39, 0.29) is 31.9 Å². The Hall–Kier alpha value is -2.12. The Bertz CT molecular complexity index is 829. The number of carbonyl (C=O) groups excluding carboxylic acids is 5. The molecule has 0 radical (unpaired) electrons. The van der Waals surface area contributed by atoms with Gasteiger partial charge in [0.05, 0.1) is 19.4 Å². The summed E-state index contributed by atoms with van der Waals surface area (Å²) in [5.74, 6) is -4.77. The summed E-state index contributed by atoms with van der Waals surface area (Å²) in [7, 11) is -4.31. The van der Waals surface area contributed by atoms with Crippen molar-refractivity contribution >= 4 is 54.1 Å². The molecule has 4 N–H and O–H groups in total. The normalized spacial score (nSPS) is 21.9. The molecule has 32 heavy (non-hydrogen) atoms. The number of hydrogen-bond acceptors (Lipinski definition) is 10. The van der Waals surface area contributed by atoms with E-state index in [4.69, 9.17) is 9.63 Å². The van der Waals surface area contributed by atoms with E-state index in [1.165, 1.54) is 0 Å². The molecular formula is C17H25N2O11PS. The Morgan fingerprint density at radius 2 is 1.75 bits per heavy atom. The van der Waals surface area contributed by atoms with Crippen LogP contribution in [0.25, 0.3) is 0 Å². The van der Waals surface area contributed by atoms with E-state index >= 15 is 0 Å².